The number of rotatable bonds is 7. The zero-order chi connectivity index (χ0) is 25.0. The Bertz CT molecular complexity index is 1120. The van der Waals surface area contributed by atoms with Gasteiger partial charge in [-0.3, -0.25) is 4.79 Å². The number of urea groups is 1. The molecule has 9 nitrogen and oxygen atoms in total. The van der Waals surface area contributed by atoms with Crippen molar-refractivity contribution in [1.29, 1.82) is 0 Å². The third-order valence-electron chi connectivity index (χ3n) is 6.04. The first-order valence-corrected chi connectivity index (χ1v) is 12.9. The summed E-state index contributed by atoms with van der Waals surface area (Å²) in [4.78, 5) is 31.5. The van der Waals surface area contributed by atoms with E-state index in [0.29, 0.717) is 54.3 Å². The Morgan fingerprint density at radius 1 is 1.23 bits per heavy atom. The number of ketones is 1. The molecular weight excluding hydrogens is 634 g/mol. The van der Waals surface area contributed by atoms with E-state index in [1.165, 1.54) is 12.1 Å². The van der Waals surface area contributed by atoms with Crippen LogP contribution in [0.4, 0.5) is 20.6 Å². The number of aromatic nitrogens is 1. The van der Waals surface area contributed by atoms with Crippen molar-refractivity contribution in [2.45, 2.75) is 31.2 Å². The standard InChI is InChI=1S/C23H25BrFIN6O3/c24-17-11-15(1-3-18(17)25)29-21(31-26)20(33)14-5-9-32(10-6-14)22(34)30-16-2-4-19(28-12-16)35-13-23(27)7-8-23/h1-4,11-12,14H,5-10,13,27H2,(H,29,31)(H,30,34). The number of nitrogens with zero attached hydrogens (tertiary/aromatic N) is 3. The minimum atomic E-state index is -0.390. The number of anilines is 2. The fourth-order valence-corrected chi connectivity index (χ4v) is 4.37. The van der Waals surface area contributed by atoms with Gasteiger partial charge in [-0.1, -0.05) is 0 Å². The summed E-state index contributed by atoms with van der Waals surface area (Å²) in [7, 11) is 0. The monoisotopic (exact) mass is 658 g/mol. The average Bonchev–Trinajstić information content (AvgIpc) is 3.61. The summed E-state index contributed by atoms with van der Waals surface area (Å²) in [6, 6.07) is 7.57. The number of likely N-dealkylation sites (tertiary alicyclic amines) is 1. The van der Waals surface area contributed by atoms with E-state index in [9.17, 15) is 14.0 Å². The van der Waals surface area contributed by atoms with E-state index < -0.39 is 5.82 Å². The zero-order valence-corrected chi connectivity index (χ0v) is 22.5. The minimum Gasteiger partial charge on any atom is -0.476 e. The van der Waals surface area contributed by atoms with Crippen molar-refractivity contribution in [3.8, 4) is 5.88 Å². The number of amidine groups is 1. The fourth-order valence-electron chi connectivity index (χ4n) is 3.64. The predicted molar refractivity (Wildman–Crippen MR) is 143 cm³/mol. The van der Waals surface area contributed by atoms with Gasteiger partial charge in [-0.25, -0.2) is 14.2 Å². The number of hydrogen-bond donors (Lipinski definition) is 3. The maximum absolute atomic E-state index is 13.5. The van der Waals surface area contributed by atoms with E-state index in [0.717, 1.165) is 12.8 Å². The molecule has 12 heteroatoms. The Morgan fingerprint density at radius 3 is 2.54 bits per heavy atom. The van der Waals surface area contributed by atoms with E-state index in [-0.39, 0.29) is 29.1 Å². The summed E-state index contributed by atoms with van der Waals surface area (Å²) in [5.74, 6) is -0.126. The lowest BCUT2D eigenvalue weighted by Gasteiger charge is -2.31. The highest BCUT2D eigenvalue weighted by molar-refractivity contribution is 14.1. The molecule has 35 heavy (non-hydrogen) atoms. The molecule has 2 heterocycles. The molecule has 1 aliphatic carbocycles. The molecule has 4 N–H and O–H groups in total. The maximum Gasteiger partial charge on any atom is 0.321 e. The molecule has 0 bridgehead atoms. The van der Waals surface area contributed by atoms with Gasteiger partial charge < -0.3 is 26.0 Å². The molecule has 1 saturated heterocycles. The van der Waals surface area contributed by atoms with Crippen molar-refractivity contribution < 1.29 is 18.7 Å². The predicted octanol–water partition coefficient (Wildman–Crippen LogP) is 4.53. The van der Waals surface area contributed by atoms with Gasteiger partial charge in [-0.15, -0.1) is 0 Å². The van der Waals surface area contributed by atoms with Crippen LogP contribution in [0.2, 0.25) is 0 Å². The number of piperidine rings is 1. The smallest absolute Gasteiger partial charge is 0.321 e. The summed E-state index contributed by atoms with van der Waals surface area (Å²) < 4.78 is 23.4. The average molecular weight is 659 g/mol. The topological polar surface area (TPSA) is 122 Å². The van der Waals surface area contributed by atoms with Gasteiger partial charge in [0.2, 0.25) is 11.7 Å². The van der Waals surface area contributed by atoms with Crippen LogP contribution in [0, 0.1) is 11.7 Å². The second-order valence-electron chi connectivity index (χ2n) is 8.78. The lowest BCUT2D eigenvalue weighted by atomic mass is 9.92. The molecule has 186 valence electrons. The largest absolute Gasteiger partial charge is 0.476 e. The van der Waals surface area contributed by atoms with Crippen LogP contribution in [0.1, 0.15) is 25.7 Å². The lowest BCUT2D eigenvalue weighted by molar-refractivity contribution is -0.117. The number of carbonyl (C=O) groups is 2. The molecule has 2 fully saturated rings. The van der Waals surface area contributed by atoms with Crippen molar-refractivity contribution in [1.82, 2.24) is 9.88 Å². The van der Waals surface area contributed by atoms with Crippen LogP contribution in [-0.4, -0.2) is 52.8 Å². The van der Waals surface area contributed by atoms with E-state index in [1.807, 2.05) is 0 Å². The molecule has 2 amide bonds. The number of Topliss-reactive ketones (excluding diaryl/α,β-unsaturated/α-hetero) is 1. The van der Waals surface area contributed by atoms with Gasteiger partial charge in [0.1, 0.15) is 12.4 Å². The van der Waals surface area contributed by atoms with Gasteiger partial charge in [-0.2, -0.15) is 3.21 Å². The van der Waals surface area contributed by atoms with Crippen LogP contribution < -0.4 is 21.1 Å². The Morgan fingerprint density at radius 2 is 1.94 bits per heavy atom. The van der Waals surface area contributed by atoms with Crippen molar-refractivity contribution in [3.63, 3.8) is 0 Å². The van der Waals surface area contributed by atoms with E-state index in [1.54, 1.807) is 52.2 Å². The van der Waals surface area contributed by atoms with Gasteiger partial charge in [0.05, 0.1) is 44.8 Å². The molecule has 0 spiro atoms. The SMILES string of the molecule is NC1(COc2ccc(NC(=O)N3CCC(C(=O)C(=NI)Nc4ccc(F)c(Br)c4)CC3)cn2)CC1. The van der Waals surface area contributed by atoms with Crippen LogP contribution in [0.5, 0.6) is 5.88 Å². The summed E-state index contributed by atoms with van der Waals surface area (Å²) >= 11 is 4.90. The number of halogens is 3. The lowest BCUT2D eigenvalue weighted by Crippen LogP contribution is -2.44. The van der Waals surface area contributed by atoms with Gasteiger partial charge in [0.15, 0.2) is 5.84 Å². The first-order valence-electron chi connectivity index (χ1n) is 11.2. The molecule has 0 unspecified atom stereocenters. The van der Waals surface area contributed by atoms with Crippen LogP contribution in [0.3, 0.4) is 0 Å². The van der Waals surface area contributed by atoms with Gasteiger partial charge in [0.25, 0.3) is 0 Å². The van der Waals surface area contributed by atoms with E-state index >= 15 is 0 Å². The van der Waals surface area contributed by atoms with E-state index in [4.69, 9.17) is 10.5 Å². The summed E-state index contributed by atoms with van der Waals surface area (Å²) in [6.45, 7) is 1.30. The molecule has 1 aliphatic heterocycles. The van der Waals surface area contributed by atoms with Crippen LogP contribution in [0.15, 0.2) is 44.2 Å². The van der Waals surface area contributed by atoms with Crippen molar-refractivity contribution in [3.05, 3.63) is 46.8 Å². The van der Waals surface area contributed by atoms with Crippen LogP contribution >= 0.6 is 38.8 Å². The van der Waals surface area contributed by atoms with Crippen molar-refractivity contribution in [2.75, 3.05) is 30.3 Å². The Kier molecular flexibility index (Phi) is 8.22. The third kappa shape index (κ3) is 6.88. The number of hydrogen-bond acceptors (Lipinski definition) is 6. The number of amides is 2. The molecule has 2 aliphatic rings. The molecule has 1 aromatic heterocycles. The second kappa shape index (κ2) is 11.2. The van der Waals surface area contributed by atoms with E-state index in [2.05, 4.69) is 34.8 Å². The van der Waals surface area contributed by atoms with Crippen molar-refractivity contribution in [2.24, 2.45) is 14.9 Å². The van der Waals surface area contributed by atoms with Crippen LogP contribution in [0.25, 0.3) is 0 Å². The van der Waals surface area contributed by atoms with Gasteiger partial charge in [-0.05, 0) is 65.9 Å². The molecule has 0 radical (unpaired) electrons. The number of benzene rings is 1. The summed E-state index contributed by atoms with van der Waals surface area (Å²) in [6.07, 6.45) is 4.49. The Hall–Kier alpha value is -2.32. The maximum atomic E-state index is 13.5. The minimum absolute atomic E-state index is 0.134. The summed E-state index contributed by atoms with van der Waals surface area (Å²) in [5, 5.41) is 5.80. The van der Waals surface area contributed by atoms with Crippen LogP contribution in [-0.2, 0) is 4.79 Å². The number of ether oxygens (including phenoxy) is 1. The fraction of sp³-hybridized carbons (Fsp3) is 0.391. The molecule has 2 aromatic rings. The van der Waals surface area contributed by atoms with Gasteiger partial charge >= 0.3 is 6.03 Å². The number of pyridine rings is 1. The number of nitrogens with one attached hydrogen (secondary N) is 2. The third-order valence-corrected chi connectivity index (χ3v) is 7.13. The number of nitrogens with two attached hydrogens (primary N) is 1. The highest BCUT2D eigenvalue weighted by Gasteiger charge is 2.39. The quantitative estimate of drug-likeness (QED) is 0.228. The second-order valence-corrected chi connectivity index (χ2v) is 10.1. The molecule has 1 saturated carbocycles. The summed E-state index contributed by atoms with van der Waals surface area (Å²) in [5.41, 5.74) is 6.90. The Balaban J connectivity index is 1.25. The Labute approximate surface area is 224 Å². The first kappa shape index (κ1) is 25.8. The van der Waals surface area contributed by atoms with Gasteiger partial charge in [0, 0.05) is 30.8 Å². The highest BCUT2D eigenvalue weighted by atomic mass is 127. The molecule has 0 atom stereocenters. The molecule has 4 rings (SSSR count). The first-order chi connectivity index (χ1) is 16.8. The molecular formula is C23H25BrFIN6O3. The number of carbonyl (C=O) groups excluding carboxylic acids is 2. The zero-order valence-electron chi connectivity index (χ0n) is 18.8. The molecule has 1 aromatic carbocycles. The normalized spacial score (nSPS) is 17.6. The van der Waals surface area contributed by atoms with Crippen molar-refractivity contribution >= 4 is 67.8 Å². The highest BCUT2D eigenvalue weighted by Crippen LogP contribution is 2.32.